The van der Waals surface area contributed by atoms with Gasteiger partial charge in [-0.3, -0.25) is 15.0 Å². The Labute approximate surface area is 145 Å². The predicted octanol–water partition coefficient (Wildman–Crippen LogP) is 2.00. The molecule has 0 aliphatic rings. The Morgan fingerprint density at radius 3 is 2.68 bits per heavy atom. The Balaban J connectivity index is 2.01. The highest BCUT2D eigenvalue weighted by atomic mass is 16.3. The number of nitrogens with zero attached hydrogens (tertiary/aromatic N) is 1. The van der Waals surface area contributed by atoms with Crippen molar-refractivity contribution in [1.29, 1.82) is 0 Å². The fourth-order valence-electron chi connectivity index (χ4n) is 2.25. The van der Waals surface area contributed by atoms with E-state index in [4.69, 9.17) is 4.42 Å². The third-order valence-corrected chi connectivity index (χ3v) is 3.37. The van der Waals surface area contributed by atoms with Crippen LogP contribution in [0.25, 0.3) is 0 Å². The molecule has 0 unspecified atom stereocenters. The van der Waals surface area contributed by atoms with Crippen LogP contribution in [0.4, 0.5) is 4.79 Å². The lowest BCUT2D eigenvalue weighted by Gasteiger charge is -2.21. The molecule has 7 heteroatoms. The zero-order valence-corrected chi connectivity index (χ0v) is 13.8. The number of carbonyl (C=O) groups is 2. The second-order valence-corrected chi connectivity index (χ2v) is 5.40. The number of furan rings is 1. The molecular formula is C18H21N3O4. The molecule has 0 fully saturated rings. The first-order valence-corrected chi connectivity index (χ1v) is 7.78. The molecule has 1 heterocycles. The normalized spacial score (nSPS) is 10.4. The van der Waals surface area contributed by atoms with E-state index in [1.807, 2.05) is 6.07 Å². The van der Waals surface area contributed by atoms with Crippen molar-refractivity contribution in [2.45, 2.75) is 13.1 Å². The van der Waals surface area contributed by atoms with Gasteiger partial charge >= 0.3 is 6.03 Å². The maximum Gasteiger partial charge on any atom is 0.321 e. The van der Waals surface area contributed by atoms with Crippen molar-refractivity contribution in [3.63, 3.8) is 0 Å². The van der Waals surface area contributed by atoms with Gasteiger partial charge in [0, 0.05) is 18.7 Å². The number of hydrogen-bond acceptors (Lipinski definition) is 5. The van der Waals surface area contributed by atoms with Crippen molar-refractivity contribution in [1.82, 2.24) is 15.5 Å². The Bertz CT molecular complexity index is 713. The SMILES string of the molecule is C=CCNC(=O)NC(=O)CN(Cc1ccco1)Cc1ccccc1O. The minimum atomic E-state index is -0.578. The van der Waals surface area contributed by atoms with Crippen LogP contribution in [-0.2, 0) is 17.9 Å². The number of phenols is 1. The van der Waals surface area contributed by atoms with Crippen LogP contribution in [0, 0.1) is 0 Å². The lowest BCUT2D eigenvalue weighted by molar-refractivity contribution is -0.121. The van der Waals surface area contributed by atoms with Crippen LogP contribution in [0.1, 0.15) is 11.3 Å². The summed E-state index contributed by atoms with van der Waals surface area (Å²) >= 11 is 0. The number of hydrogen-bond donors (Lipinski definition) is 3. The van der Waals surface area contributed by atoms with E-state index in [0.717, 1.165) is 0 Å². The summed E-state index contributed by atoms with van der Waals surface area (Å²) in [5, 5.41) is 14.7. The van der Waals surface area contributed by atoms with Gasteiger partial charge in [-0.05, 0) is 18.2 Å². The monoisotopic (exact) mass is 343 g/mol. The van der Waals surface area contributed by atoms with Crippen LogP contribution in [-0.4, -0.2) is 35.0 Å². The van der Waals surface area contributed by atoms with Crippen LogP contribution in [0.2, 0.25) is 0 Å². The zero-order chi connectivity index (χ0) is 18.1. The molecule has 3 amide bonds. The van der Waals surface area contributed by atoms with Gasteiger partial charge in [0.2, 0.25) is 5.91 Å². The number of para-hydroxylation sites is 1. The largest absolute Gasteiger partial charge is 0.508 e. The fourth-order valence-corrected chi connectivity index (χ4v) is 2.25. The van der Waals surface area contributed by atoms with Crippen molar-refractivity contribution in [3.05, 3.63) is 66.6 Å². The molecule has 0 aliphatic carbocycles. The summed E-state index contributed by atoms with van der Waals surface area (Å²) in [6, 6.07) is 9.88. The predicted molar refractivity (Wildman–Crippen MR) is 92.7 cm³/mol. The molecular weight excluding hydrogens is 322 g/mol. The third kappa shape index (κ3) is 6.15. The average molecular weight is 343 g/mol. The van der Waals surface area contributed by atoms with Gasteiger partial charge in [-0.2, -0.15) is 0 Å². The Hall–Kier alpha value is -3.06. The molecule has 1 aromatic carbocycles. The zero-order valence-electron chi connectivity index (χ0n) is 13.8. The van der Waals surface area contributed by atoms with E-state index < -0.39 is 11.9 Å². The van der Waals surface area contributed by atoms with Crippen molar-refractivity contribution >= 4 is 11.9 Å². The molecule has 0 atom stereocenters. The molecule has 0 spiro atoms. The first-order valence-electron chi connectivity index (χ1n) is 7.78. The van der Waals surface area contributed by atoms with Crippen LogP contribution in [0.15, 0.2) is 59.7 Å². The summed E-state index contributed by atoms with van der Waals surface area (Å²) in [4.78, 5) is 25.4. The van der Waals surface area contributed by atoms with Crippen LogP contribution < -0.4 is 10.6 Å². The molecule has 132 valence electrons. The molecule has 2 rings (SSSR count). The molecule has 0 saturated heterocycles. The van der Waals surface area contributed by atoms with Gasteiger partial charge in [0.1, 0.15) is 11.5 Å². The summed E-state index contributed by atoms with van der Waals surface area (Å²) in [5.41, 5.74) is 0.679. The number of aromatic hydroxyl groups is 1. The Kier molecular flexibility index (Phi) is 6.79. The maximum absolute atomic E-state index is 12.1. The van der Waals surface area contributed by atoms with Crippen molar-refractivity contribution < 1.29 is 19.1 Å². The average Bonchev–Trinajstić information content (AvgIpc) is 3.07. The molecule has 0 bridgehead atoms. The summed E-state index contributed by atoms with van der Waals surface area (Å²) < 4.78 is 5.32. The van der Waals surface area contributed by atoms with Crippen LogP contribution in [0.5, 0.6) is 5.75 Å². The fraction of sp³-hybridized carbons (Fsp3) is 0.222. The van der Waals surface area contributed by atoms with Gasteiger partial charge in [-0.1, -0.05) is 24.3 Å². The van der Waals surface area contributed by atoms with Gasteiger partial charge in [0.25, 0.3) is 0 Å². The lowest BCUT2D eigenvalue weighted by Crippen LogP contribution is -2.44. The minimum absolute atomic E-state index is 0.0312. The van der Waals surface area contributed by atoms with Gasteiger partial charge < -0.3 is 14.8 Å². The van der Waals surface area contributed by atoms with Crippen molar-refractivity contribution in [2.75, 3.05) is 13.1 Å². The topological polar surface area (TPSA) is 94.8 Å². The number of rotatable bonds is 8. The molecule has 25 heavy (non-hydrogen) atoms. The molecule has 2 aromatic rings. The van der Waals surface area contributed by atoms with E-state index in [1.165, 1.54) is 6.08 Å². The molecule has 7 nitrogen and oxygen atoms in total. The van der Waals surface area contributed by atoms with E-state index in [9.17, 15) is 14.7 Å². The highest BCUT2D eigenvalue weighted by molar-refractivity contribution is 5.95. The Morgan fingerprint density at radius 2 is 2.00 bits per heavy atom. The van der Waals surface area contributed by atoms with E-state index in [2.05, 4.69) is 17.2 Å². The van der Waals surface area contributed by atoms with Gasteiger partial charge in [0.05, 0.1) is 19.4 Å². The van der Waals surface area contributed by atoms with E-state index in [-0.39, 0.29) is 18.8 Å². The number of amides is 3. The van der Waals surface area contributed by atoms with Gasteiger partial charge in [0.15, 0.2) is 0 Å². The number of carbonyl (C=O) groups excluding carboxylic acids is 2. The highest BCUT2D eigenvalue weighted by Gasteiger charge is 2.16. The first kappa shape index (κ1) is 18.3. The standard InChI is InChI=1S/C18H21N3O4/c1-2-9-19-18(24)20-17(23)13-21(12-15-7-5-10-25-15)11-14-6-3-4-8-16(14)22/h2-8,10,22H,1,9,11-13H2,(H2,19,20,23,24). The van der Waals surface area contributed by atoms with Gasteiger partial charge in [-0.25, -0.2) is 4.79 Å². The molecule has 3 N–H and O–H groups in total. The van der Waals surface area contributed by atoms with Crippen molar-refractivity contribution in [3.8, 4) is 5.75 Å². The summed E-state index contributed by atoms with van der Waals surface area (Å²) in [6.07, 6.45) is 3.07. The van der Waals surface area contributed by atoms with Crippen LogP contribution in [0.3, 0.4) is 0 Å². The molecule has 0 saturated carbocycles. The number of phenolic OH excluding ortho intramolecular Hbond substituents is 1. The van der Waals surface area contributed by atoms with E-state index in [1.54, 1.807) is 41.5 Å². The highest BCUT2D eigenvalue weighted by Crippen LogP contribution is 2.19. The first-order chi connectivity index (χ1) is 12.1. The van der Waals surface area contributed by atoms with E-state index in [0.29, 0.717) is 24.4 Å². The second-order valence-electron chi connectivity index (χ2n) is 5.40. The molecule has 1 aromatic heterocycles. The second kappa shape index (κ2) is 9.29. The maximum atomic E-state index is 12.1. The quantitative estimate of drug-likeness (QED) is 0.637. The summed E-state index contributed by atoms with van der Waals surface area (Å²) in [5.74, 6) is 0.374. The van der Waals surface area contributed by atoms with Crippen molar-refractivity contribution in [2.24, 2.45) is 0 Å². The number of benzene rings is 1. The number of nitrogens with one attached hydrogen (secondary N) is 2. The summed E-state index contributed by atoms with van der Waals surface area (Å²) in [6.45, 7) is 4.42. The molecule has 0 radical (unpaired) electrons. The molecule has 0 aliphatic heterocycles. The lowest BCUT2D eigenvalue weighted by atomic mass is 10.2. The number of imide groups is 1. The smallest absolute Gasteiger partial charge is 0.321 e. The third-order valence-electron chi connectivity index (χ3n) is 3.37. The number of urea groups is 1. The van der Waals surface area contributed by atoms with E-state index >= 15 is 0 Å². The van der Waals surface area contributed by atoms with Crippen LogP contribution >= 0.6 is 0 Å². The summed E-state index contributed by atoms with van der Waals surface area (Å²) in [7, 11) is 0. The van der Waals surface area contributed by atoms with Gasteiger partial charge in [-0.15, -0.1) is 6.58 Å². The Morgan fingerprint density at radius 1 is 1.20 bits per heavy atom. The minimum Gasteiger partial charge on any atom is -0.508 e.